The molecule has 0 aliphatic rings. The van der Waals surface area contributed by atoms with Crippen molar-refractivity contribution in [3.8, 4) is 5.88 Å². The van der Waals surface area contributed by atoms with E-state index < -0.39 is 31.8 Å². The monoisotopic (exact) mass is 335 g/mol. The molecular formula is C7H5BrClF2NO3S. The average Bonchev–Trinajstić information content (AvgIpc) is 2.15. The van der Waals surface area contributed by atoms with Crippen LogP contribution in [0.2, 0.25) is 0 Å². The first-order valence-electron chi connectivity index (χ1n) is 3.74. The van der Waals surface area contributed by atoms with Crippen molar-refractivity contribution in [3.63, 3.8) is 0 Å². The number of hydrogen-bond acceptors (Lipinski definition) is 4. The second-order valence-electron chi connectivity index (χ2n) is 2.60. The lowest BCUT2D eigenvalue weighted by atomic mass is 10.3. The zero-order valence-corrected chi connectivity index (χ0v) is 10.9. The van der Waals surface area contributed by atoms with Gasteiger partial charge in [-0.3, -0.25) is 0 Å². The van der Waals surface area contributed by atoms with Crippen molar-refractivity contribution in [3.05, 3.63) is 16.2 Å². The van der Waals surface area contributed by atoms with Gasteiger partial charge in [0.15, 0.2) is 0 Å². The normalized spacial score (nSPS) is 11.9. The maximum atomic E-state index is 12.7. The highest BCUT2D eigenvalue weighted by Crippen LogP contribution is 2.38. The molecule has 0 radical (unpaired) electrons. The smallest absolute Gasteiger partial charge is 0.270 e. The molecule has 0 aliphatic heterocycles. The van der Waals surface area contributed by atoms with Gasteiger partial charge in [-0.1, -0.05) is 0 Å². The summed E-state index contributed by atoms with van der Waals surface area (Å²) < 4.78 is 52.2. The van der Waals surface area contributed by atoms with Crippen LogP contribution in [0.5, 0.6) is 5.88 Å². The Labute approximate surface area is 103 Å². The van der Waals surface area contributed by atoms with E-state index in [1.807, 2.05) is 0 Å². The Hall–Kier alpha value is -0.470. The minimum atomic E-state index is -4.32. The fourth-order valence-corrected chi connectivity index (χ4v) is 3.53. The van der Waals surface area contributed by atoms with Crippen LogP contribution >= 0.6 is 26.6 Å². The van der Waals surface area contributed by atoms with E-state index in [9.17, 15) is 17.2 Å². The standard InChI is InChI=1S/C7H5BrClF2NO3S/c1-15-7-4(6(10)11)5(16(9,13)14)3(8)2-12-7/h2,6H,1H3. The Morgan fingerprint density at radius 3 is 2.50 bits per heavy atom. The molecule has 0 N–H and O–H groups in total. The van der Waals surface area contributed by atoms with Gasteiger partial charge in [-0.15, -0.1) is 0 Å². The third-order valence-electron chi connectivity index (χ3n) is 1.64. The van der Waals surface area contributed by atoms with Crippen molar-refractivity contribution in [2.75, 3.05) is 7.11 Å². The topological polar surface area (TPSA) is 56.3 Å². The van der Waals surface area contributed by atoms with Gasteiger partial charge in [0, 0.05) is 16.9 Å². The summed E-state index contributed by atoms with van der Waals surface area (Å²) in [6.07, 6.45) is -2.04. The van der Waals surface area contributed by atoms with Gasteiger partial charge < -0.3 is 4.74 Å². The van der Waals surface area contributed by atoms with Crippen molar-refractivity contribution in [2.24, 2.45) is 0 Å². The summed E-state index contributed by atoms with van der Waals surface area (Å²) in [6, 6.07) is 0. The third-order valence-corrected chi connectivity index (χ3v) is 3.90. The van der Waals surface area contributed by atoms with Gasteiger partial charge in [0.25, 0.3) is 15.5 Å². The van der Waals surface area contributed by atoms with Gasteiger partial charge in [0.2, 0.25) is 5.88 Å². The fourth-order valence-electron chi connectivity index (χ4n) is 1.07. The lowest BCUT2D eigenvalue weighted by molar-refractivity contribution is 0.142. The SMILES string of the molecule is COc1ncc(Br)c(S(=O)(=O)Cl)c1C(F)F. The van der Waals surface area contributed by atoms with E-state index >= 15 is 0 Å². The predicted octanol–water partition coefficient (Wildman–Crippen LogP) is 2.72. The molecule has 0 atom stereocenters. The summed E-state index contributed by atoms with van der Waals surface area (Å²) in [5, 5.41) is 0. The van der Waals surface area contributed by atoms with Crippen LogP contribution < -0.4 is 4.74 Å². The van der Waals surface area contributed by atoms with Crippen LogP contribution in [0.25, 0.3) is 0 Å². The molecule has 0 aromatic carbocycles. The highest BCUT2D eigenvalue weighted by Gasteiger charge is 2.29. The molecule has 90 valence electrons. The molecule has 4 nitrogen and oxygen atoms in total. The minimum Gasteiger partial charge on any atom is -0.481 e. The van der Waals surface area contributed by atoms with E-state index in [0.29, 0.717) is 0 Å². The second-order valence-corrected chi connectivity index (χ2v) is 5.95. The van der Waals surface area contributed by atoms with Crippen molar-refractivity contribution in [2.45, 2.75) is 11.3 Å². The third kappa shape index (κ3) is 2.61. The summed E-state index contributed by atoms with van der Waals surface area (Å²) in [4.78, 5) is 2.79. The van der Waals surface area contributed by atoms with E-state index in [-0.39, 0.29) is 4.47 Å². The van der Waals surface area contributed by atoms with E-state index in [4.69, 9.17) is 10.7 Å². The largest absolute Gasteiger partial charge is 0.481 e. The molecule has 0 saturated heterocycles. The van der Waals surface area contributed by atoms with Crippen LogP contribution in [0, 0.1) is 0 Å². The van der Waals surface area contributed by atoms with E-state index in [1.165, 1.54) is 0 Å². The number of aromatic nitrogens is 1. The highest BCUT2D eigenvalue weighted by molar-refractivity contribution is 9.10. The van der Waals surface area contributed by atoms with Crippen molar-refractivity contribution >= 4 is 35.7 Å². The molecule has 0 unspecified atom stereocenters. The number of ether oxygens (including phenoxy) is 1. The molecule has 0 spiro atoms. The first-order chi connectivity index (χ1) is 7.29. The number of alkyl halides is 2. The summed E-state index contributed by atoms with van der Waals surface area (Å²) >= 11 is 2.80. The minimum absolute atomic E-state index is 0.140. The Balaban J connectivity index is 3.69. The number of methoxy groups -OCH3 is 1. The van der Waals surface area contributed by atoms with Gasteiger partial charge in [-0.25, -0.2) is 22.2 Å². The molecule has 0 fully saturated rings. The van der Waals surface area contributed by atoms with Crippen LogP contribution in [0.1, 0.15) is 12.0 Å². The number of nitrogens with zero attached hydrogens (tertiary/aromatic N) is 1. The second kappa shape index (κ2) is 4.80. The quantitative estimate of drug-likeness (QED) is 0.796. The molecule has 16 heavy (non-hydrogen) atoms. The molecule has 9 heteroatoms. The van der Waals surface area contributed by atoms with E-state index in [0.717, 1.165) is 13.3 Å². The van der Waals surface area contributed by atoms with E-state index in [1.54, 1.807) is 0 Å². The van der Waals surface area contributed by atoms with Gasteiger partial charge in [-0.05, 0) is 15.9 Å². The predicted molar refractivity (Wildman–Crippen MR) is 56.5 cm³/mol. The molecule has 1 aromatic rings. The zero-order valence-electron chi connectivity index (χ0n) is 7.75. The Morgan fingerprint density at radius 2 is 2.12 bits per heavy atom. The summed E-state index contributed by atoms with van der Waals surface area (Å²) in [7, 11) is 1.86. The number of halogens is 4. The first-order valence-corrected chi connectivity index (χ1v) is 6.84. The first kappa shape index (κ1) is 13.6. The van der Waals surface area contributed by atoms with Gasteiger partial charge in [0.05, 0.1) is 11.6 Å². The summed E-state index contributed by atoms with van der Waals surface area (Å²) in [6.45, 7) is 0. The molecule has 0 aliphatic carbocycles. The van der Waals surface area contributed by atoms with Crippen molar-refractivity contribution in [1.29, 1.82) is 0 Å². The highest BCUT2D eigenvalue weighted by atomic mass is 79.9. The van der Waals surface area contributed by atoms with Gasteiger partial charge in [-0.2, -0.15) is 0 Å². The van der Waals surface area contributed by atoms with Crippen molar-refractivity contribution < 1.29 is 21.9 Å². The van der Waals surface area contributed by atoms with Gasteiger partial charge >= 0.3 is 0 Å². The molecule has 1 aromatic heterocycles. The molecular weight excluding hydrogens is 332 g/mol. The lowest BCUT2D eigenvalue weighted by Gasteiger charge is -2.11. The summed E-state index contributed by atoms with van der Waals surface area (Å²) in [5.41, 5.74) is -0.855. The molecule has 1 heterocycles. The Bertz CT molecular complexity index is 509. The summed E-state index contributed by atoms with van der Waals surface area (Å²) in [5.74, 6) is -0.475. The molecule has 1 rings (SSSR count). The van der Waals surface area contributed by atoms with E-state index in [2.05, 4.69) is 25.7 Å². The number of rotatable bonds is 3. The van der Waals surface area contributed by atoms with Crippen LogP contribution in [0.3, 0.4) is 0 Å². The fraction of sp³-hybridized carbons (Fsp3) is 0.286. The Kier molecular flexibility index (Phi) is 4.08. The maximum absolute atomic E-state index is 12.7. The molecule has 0 saturated carbocycles. The molecule has 0 amide bonds. The number of hydrogen-bond donors (Lipinski definition) is 0. The zero-order chi connectivity index (χ0) is 12.5. The van der Waals surface area contributed by atoms with Crippen molar-refractivity contribution in [1.82, 2.24) is 4.98 Å². The van der Waals surface area contributed by atoms with Crippen LogP contribution in [-0.4, -0.2) is 20.5 Å². The van der Waals surface area contributed by atoms with Crippen LogP contribution in [0.15, 0.2) is 15.6 Å². The molecule has 0 bridgehead atoms. The maximum Gasteiger partial charge on any atom is 0.270 e. The Morgan fingerprint density at radius 1 is 1.56 bits per heavy atom. The van der Waals surface area contributed by atoms with Crippen LogP contribution in [0.4, 0.5) is 8.78 Å². The number of pyridine rings is 1. The van der Waals surface area contributed by atoms with Gasteiger partial charge in [0.1, 0.15) is 10.5 Å². The van der Waals surface area contributed by atoms with Crippen LogP contribution in [-0.2, 0) is 9.05 Å². The average molecular weight is 337 g/mol. The lowest BCUT2D eigenvalue weighted by Crippen LogP contribution is -2.05.